The fraction of sp³-hybridized carbons (Fsp3) is 0.529. The van der Waals surface area contributed by atoms with Gasteiger partial charge in [0.05, 0.1) is 17.1 Å². The molecule has 2 aliphatic rings. The van der Waals surface area contributed by atoms with E-state index in [4.69, 9.17) is 0 Å². The van der Waals surface area contributed by atoms with Crippen LogP contribution in [-0.4, -0.2) is 15.9 Å². The molecule has 2 bridgehead atoms. The number of carbonyl (C=O) groups is 1. The predicted molar refractivity (Wildman–Crippen MR) is 81.6 cm³/mol. The summed E-state index contributed by atoms with van der Waals surface area (Å²) in [7, 11) is 0. The number of carbonyl (C=O) groups excluding carboxylic acids is 1. The van der Waals surface area contributed by atoms with Gasteiger partial charge in [-0.3, -0.25) is 4.79 Å². The van der Waals surface area contributed by atoms with Crippen molar-refractivity contribution in [2.45, 2.75) is 38.6 Å². The summed E-state index contributed by atoms with van der Waals surface area (Å²) in [5, 5.41) is 3.15. The molecule has 2 saturated carbocycles. The number of fused-ring (bicyclic) bond motifs is 3. The zero-order valence-electron chi connectivity index (χ0n) is 12.3. The van der Waals surface area contributed by atoms with Gasteiger partial charge in [0.1, 0.15) is 5.82 Å². The van der Waals surface area contributed by atoms with Crippen LogP contribution in [0.1, 0.15) is 44.5 Å². The average Bonchev–Trinajstić information content (AvgIpc) is 3.21. The highest BCUT2D eigenvalue weighted by Crippen LogP contribution is 2.48. The first-order valence-corrected chi connectivity index (χ1v) is 7.95. The largest absolute Gasteiger partial charge is 0.346 e. The summed E-state index contributed by atoms with van der Waals surface area (Å²) < 4.78 is 0. The van der Waals surface area contributed by atoms with Gasteiger partial charge in [-0.25, -0.2) is 4.98 Å². The minimum Gasteiger partial charge on any atom is -0.346 e. The Morgan fingerprint density at radius 3 is 2.90 bits per heavy atom. The smallest absolute Gasteiger partial charge is 0.223 e. The second-order valence-corrected chi connectivity index (χ2v) is 6.65. The maximum Gasteiger partial charge on any atom is 0.223 e. The molecule has 1 heterocycles. The molecule has 2 aliphatic carbocycles. The Morgan fingerprint density at radius 2 is 2.19 bits per heavy atom. The molecule has 21 heavy (non-hydrogen) atoms. The first-order chi connectivity index (χ1) is 10.2. The van der Waals surface area contributed by atoms with Crippen LogP contribution in [0.5, 0.6) is 0 Å². The first kappa shape index (κ1) is 12.9. The number of hydrogen-bond acceptors (Lipinski definition) is 2. The van der Waals surface area contributed by atoms with Gasteiger partial charge in [-0.15, -0.1) is 0 Å². The van der Waals surface area contributed by atoms with Gasteiger partial charge in [-0.2, -0.15) is 0 Å². The Labute approximate surface area is 124 Å². The number of nitrogens with one attached hydrogen (secondary N) is 2. The molecular weight excluding hydrogens is 262 g/mol. The molecule has 2 aromatic rings. The van der Waals surface area contributed by atoms with E-state index in [1.807, 2.05) is 31.2 Å². The molecule has 110 valence electrons. The molecule has 1 amide bonds. The van der Waals surface area contributed by atoms with Crippen LogP contribution in [0.2, 0.25) is 0 Å². The minimum atomic E-state index is -0.0657. The number of nitrogens with zero attached hydrogens (tertiary/aromatic N) is 1. The Bertz CT molecular complexity index is 644. The summed E-state index contributed by atoms with van der Waals surface area (Å²) in [6.45, 7) is 2.00. The van der Waals surface area contributed by atoms with E-state index >= 15 is 0 Å². The number of hydrogen-bond donors (Lipinski definition) is 2. The monoisotopic (exact) mass is 283 g/mol. The van der Waals surface area contributed by atoms with Crippen molar-refractivity contribution in [1.29, 1.82) is 0 Å². The van der Waals surface area contributed by atoms with E-state index in [1.54, 1.807) is 0 Å². The quantitative estimate of drug-likeness (QED) is 0.909. The van der Waals surface area contributed by atoms with Crippen LogP contribution in [0.4, 0.5) is 0 Å². The molecule has 0 saturated heterocycles. The fourth-order valence-corrected chi connectivity index (χ4v) is 4.13. The summed E-state index contributed by atoms with van der Waals surface area (Å²) in [6, 6.07) is 7.90. The Hall–Kier alpha value is -1.84. The van der Waals surface area contributed by atoms with Gasteiger partial charge in [0.2, 0.25) is 5.91 Å². The molecule has 4 atom stereocenters. The van der Waals surface area contributed by atoms with Crippen molar-refractivity contribution in [3.8, 4) is 0 Å². The second kappa shape index (κ2) is 4.86. The summed E-state index contributed by atoms with van der Waals surface area (Å²) in [5.74, 6) is 2.71. The highest BCUT2D eigenvalue weighted by molar-refractivity contribution is 5.80. The van der Waals surface area contributed by atoms with Crippen LogP contribution < -0.4 is 5.32 Å². The number of imidazole rings is 1. The average molecular weight is 283 g/mol. The van der Waals surface area contributed by atoms with Crippen molar-refractivity contribution in [1.82, 2.24) is 15.3 Å². The standard InChI is InChI=1S/C17H21N3O/c1-10(16-19-14-4-2-3-5-15(14)20-16)18-17(21)13-9-11-6-7-12(13)8-11/h2-5,10-13H,6-9H2,1H3,(H,18,21)(H,19,20). The number of amides is 1. The van der Waals surface area contributed by atoms with Crippen molar-refractivity contribution in [3.05, 3.63) is 30.1 Å². The lowest BCUT2D eigenvalue weighted by Gasteiger charge is -2.22. The molecule has 1 aromatic carbocycles. The van der Waals surface area contributed by atoms with E-state index in [9.17, 15) is 4.79 Å². The number of aromatic nitrogens is 2. The van der Waals surface area contributed by atoms with E-state index in [0.717, 1.165) is 29.2 Å². The highest BCUT2D eigenvalue weighted by atomic mass is 16.2. The van der Waals surface area contributed by atoms with Gasteiger partial charge < -0.3 is 10.3 Å². The fourth-order valence-electron chi connectivity index (χ4n) is 4.13. The predicted octanol–water partition coefficient (Wildman–Crippen LogP) is 3.18. The van der Waals surface area contributed by atoms with Crippen molar-refractivity contribution < 1.29 is 4.79 Å². The van der Waals surface area contributed by atoms with Crippen LogP contribution in [0.15, 0.2) is 24.3 Å². The first-order valence-electron chi connectivity index (χ1n) is 7.95. The zero-order valence-corrected chi connectivity index (χ0v) is 12.3. The number of para-hydroxylation sites is 2. The van der Waals surface area contributed by atoms with Crippen LogP contribution in [0, 0.1) is 17.8 Å². The molecule has 2 fully saturated rings. The van der Waals surface area contributed by atoms with Gasteiger partial charge in [0, 0.05) is 5.92 Å². The van der Waals surface area contributed by atoms with Gasteiger partial charge in [-0.05, 0) is 50.2 Å². The molecule has 4 unspecified atom stereocenters. The third kappa shape index (κ3) is 2.23. The lowest BCUT2D eigenvalue weighted by Crippen LogP contribution is -2.35. The van der Waals surface area contributed by atoms with E-state index in [2.05, 4.69) is 15.3 Å². The molecule has 1 aromatic heterocycles. The maximum absolute atomic E-state index is 12.5. The van der Waals surface area contributed by atoms with Crippen molar-refractivity contribution in [2.24, 2.45) is 17.8 Å². The molecule has 0 aliphatic heterocycles. The zero-order chi connectivity index (χ0) is 14.4. The van der Waals surface area contributed by atoms with Crippen LogP contribution in [0.25, 0.3) is 11.0 Å². The number of aromatic amines is 1. The second-order valence-electron chi connectivity index (χ2n) is 6.65. The van der Waals surface area contributed by atoms with E-state index < -0.39 is 0 Å². The van der Waals surface area contributed by atoms with E-state index in [1.165, 1.54) is 19.3 Å². The molecule has 2 N–H and O–H groups in total. The topological polar surface area (TPSA) is 57.8 Å². The van der Waals surface area contributed by atoms with E-state index in [0.29, 0.717) is 5.92 Å². The third-order valence-electron chi connectivity index (χ3n) is 5.25. The van der Waals surface area contributed by atoms with Crippen LogP contribution in [-0.2, 0) is 4.79 Å². The van der Waals surface area contributed by atoms with Crippen molar-refractivity contribution in [2.75, 3.05) is 0 Å². The molecule has 4 nitrogen and oxygen atoms in total. The van der Waals surface area contributed by atoms with Gasteiger partial charge in [0.25, 0.3) is 0 Å². The molecular formula is C17H21N3O. The number of benzene rings is 1. The van der Waals surface area contributed by atoms with Crippen molar-refractivity contribution >= 4 is 16.9 Å². The molecule has 4 rings (SSSR count). The normalized spacial score (nSPS) is 28.9. The summed E-state index contributed by atoms with van der Waals surface area (Å²) in [5.41, 5.74) is 1.97. The minimum absolute atomic E-state index is 0.0657. The van der Waals surface area contributed by atoms with Gasteiger partial charge in [-0.1, -0.05) is 18.6 Å². The SMILES string of the molecule is CC(NC(=O)C1CC2CCC1C2)c1nc2ccccc2[nH]1. The molecule has 0 radical (unpaired) electrons. The van der Waals surface area contributed by atoms with Gasteiger partial charge in [0.15, 0.2) is 0 Å². The Morgan fingerprint density at radius 1 is 1.33 bits per heavy atom. The summed E-state index contributed by atoms with van der Waals surface area (Å²) in [4.78, 5) is 20.4. The lowest BCUT2D eigenvalue weighted by molar-refractivity contribution is -0.127. The molecule has 4 heteroatoms. The lowest BCUT2D eigenvalue weighted by atomic mass is 9.88. The van der Waals surface area contributed by atoms with Crippen molar-refractivity contribution in [3.63, 3.8) is 0 Å². The van der Waals surface area contributed by atoms with Gasteiger partial charge >= 0.3 is 0 Å². The number of rotatable bonds is 3. The Kier molecular flexibility index (Phi) is 2.98. The van der Waals surface area contributed by atoms with Crippen LogP contribution >= 0.6 is 0 Å². The van der Waals surface area contributed by atoms with Crippen LogP contribution in [0.3, 0.4) is 0 Å². The summed E-state index contributed by atoms with van der Waals surface area (Å²) in [6.07, 6.45) is 4.91. The van der Waals surface area contributed by atoms with E-state index in [-0.39, 0.29) is 17.9 Å². The maximum atomic E-state index is 12.5. The summed E-state index contributed by atoms with van der Waals surface area (Å²) >= 11 is 0. The third-order valence-corrected chi connectivity index (χ3v) is 5.25. The Balaban J connectivity index is 1.47. The molecule has 0 spiro atoms. The highest BCUT2D eigenvalue weighted by Gasteiger charge is 2.43. The number of H-pyrrole nitrogens is 1.